The van der Waals surface area contributed by atoms with Crippen LogP contribution in [0.2, 0.25) is 0 Å². The minimum Gasteiger partial charge on any atom is -0.462 e. The average Bonchev–Trinajstić information content (AvgIpc) is 3.22. The van der Waals surface area contributed by atoms with E-state index in [1.165, 1.54) is 148 Å². The second-order valence-electron chi connectivity index (χ2n) is 16.7. The molecule has 1 atom stereocenters. The molecule has 0 bridgehead atoms. The fourth-order valence-electron chi connectivity index (χ4n) is 7.00. The topological polar surface area (TPSA) is 61.8 Å². The Bertz CT molecular complexity index is 966. The van der Waals surface area contributed by atoms with Gasteiger partial charge in [0.15, 0.2) is 6.10 Å². The third kappa shape index (κ3) is 46.5. The van der Waals surface area contributed by atoms with Gasteiger partial charge in [-0.15, -0.1) is 0 Å². The van der Waals surface area contributed by atoms with Gasteiger partial charge in [-0.3, -0.25) is 9.59 Å². The summed E-state index contributed by atoms with van der Waals surface area (Å²) in [5.41, 5.74) is 0. The SMILES string of the molecule is CCCCC/C=C\C/C=C\CCCCCCCC(=O)OCC(COCCCCCCCC/C=C\CCCCCC)OC(=O)CCCCCCC/C=C\CCCCCC. The van der Waals surface area contributed by atoms with Crippen LogP contribution in [0.5, 0.6) is 0 Å². The highest BCUT2D eigenvalue weighted by atomic mass is 16.6. The molecule has 0 spiro atoms. The molecule has 0 aliphatic heterocycles. The van der Waals surface area contributed by atoms with Gasteiger partial charge in [0.25, 0.3) is 0 Å². The fraction of sp³-hybridized carbons (Fsp3) is 0.811. The number of unbranched alkanes of at least 4 members (excludes halogenated alkanes) is 27. The molecule has 0 radical (unpaired) electrons. The summed E-state index contributed by atoms with van der Waals surface area (Å²) in [6.45, 7) is 7.76. The largest absolute Gasteiger partial charge is 0.462 e. The van der Waals surface area contributed by atoms with E-state index in [4.69, 9.17) is 14.2 Å². The molecular weight excluding hydrogens is 717 g/mol. The summed E-state index contributed by atoms with van der Waals surface area (Å²) in [5.74, 6) is -0.420. The molecule has 0 saturated heterocycles. The summed E-state index contributed by atoms with van der Waals surface area (Å²) >= 11 is 0. The molecule has 0 aromatic rings. The second-order valence-corrected chi connectivity index (χ2v) is 16.7. The van der Waals surface area contributed by atoms with Crippen LogP contribution in [0.3, 0.4) is 0 Å². The highest BCUT2D eigenvalue weighted by Crippen LogP contribution is 2.13. The number of carbonyl (C=O) groups is 2. The van der Waals surface area contributed by atoms with Crippen molar-refractivity contribution in [3.63, 3.8) is 0 Å². The van der Waals surface area contributed by atoms with Crippen molar-refractivity contribution in [2.45, 2.75) is 258 Å². The van der Waals surface area contributed by atoms with E-state index in [-0.39, 0.29) is 25.2 Å². The molecule has 5 nitrogen and oxygen atoms in total. The first-order valence-electron chi connectivity index (χ1n) is 25.2. The van der Waals surface area contributed by atoms with E-state index in [1.54, 1.807) is 0 Å². The van der Waals surface area contributed by atoms with Crippen molar-refractivity contribution in [3.8, 4) is 0 Å². The van der Waals surface area contributed by atoms with Crippen LogP contribution in [0.25, 0.3) is 0 Å². The van der Waals surface area contributed by atoms with Crippen LogP contribution in [0.1, 0.15) is 252 Å². The summed E-state index contributed by atoms with van der Waals surface area (Å²) in [5, 5.41) is 0. The van der Waals surface area contributed by atoms with Gasteiger partial charge < -0.3 is 14.2 Å². The Morgan fingerprint density at radius 3 is 1.19 bits per heavy atom. The molecule has 0 aliphatic rings. The molecule has 5 heteroatoms. The summed E-state index contributed by atoms with van der Waals surface area (Å²) in [6.07, 6.45) is 59.6. The van der Waals surface area contributed by atoms with E-state index >= 15 is 0 Å². The summed E-state index contributed by atoms with van der Waals surface area (Å²) < 4.78 is 17.4. The van der Waals surface area contributed by atoms with Gasteiger partial charge in [0.1, 0.15) is 6.61 Å². The quantitative estimate of drug-likeness (QED) is 0.0348. The highest BCUT2D eigenvalue weighted by Gasteiger charge is 2.17. The van der Waals surface area contributed by atoms with Gasteiger partial charge in [-0.05, 0) is 103 Å². The maximum Gasteiger partial charge on any atom is 0.306 e. The van der Waals surface area contributed by atoms with Crippen molar-refractivity contribution < 1.29 is 23.8 Å². The predicted octanol–water partition coefficient (Wildman–Crippen LogP) is 16.8. The van der Waals surface area contributed by atoms with Crippen molar-refractivity contribution in [2.75, 3.05) is 19.8 Å². The van der Waals surface area contributed by atoms with Crippen molar-refractivity contribution in [1.29, 1.82) is 0 Å². The molecule has 58 heavy (non-hydrogen) atoms. The summed E-state index contributed by atoms with van der Waals surface area (Å²) in [6, 6.07) is 0. The Labute approximate surface area is 361 Å². The molecule has 0 aliphatic carbocycles. The van der Waals surface area contributed by atoms with Gasteiger partial charge in [0.2, 0.25) is 0 Å². The Hall–Kier alpha value is -2.14. The first kappa shape index (κ1) is 55.9. The third-order valence-corrected chi connectivity index (χ3v) is 10.8. The van der Waals surface area contributed by atoms with Crippen molar-refractivity contribution >= 4 is 11.9 Å². The number of allylic oxidation sites excluding steroid dienone is 8. The van der Waals surface area contributed by atoms with Crippen molar-refractivity contribution in [2.24, 2.45) is 0 Å². The number of hydrogen-bond acceptors (Lipinski definition) is 5. The van der Waals surface area contributed by atoms with Crippen LogP contribution in [0.4, 0.5) is 0 Å². The summed E-state index contributed by atoms with van der Waals surface area (Å²) in [7, 11) is 0. The number of ether oxygens (including phenoxy) is 3. The van der Waals surface area contributed by atoms with Crippen LogP contribution in [0, 0.1) is 0 Å². The second kappa shape index (κ2) is 49.2. The van der Waals surface area contributed by atoms with Crippen LogP contribution < -0.4 is 0 Å². The molecule has 1 unspecified atom stereocenters. The Balaban J connectivity index is 4.30. The number of carbonyl (C=O) groups excluding carboxylic acids is 2. The van der Waals surface area contributed by atoms with Crippen molar-refractivity contribution in [1.82, 2.24) is 0 Å². The zero-order chi connectivity index (χ0) is 42.1. The lowest BCUT2D eigenvalue weighted by atomic mass is 10.1. The lowest BCUT2D eigenvalue weighted by molar-refractivity contribution is -0.163. The molecular formula is C53H96O5. The first-order valence-corrected chi connectivity index (χ1v) is 25.2. The molecule has 0 amide bonds. The van der Waals surface area contributed by atoms with Crippen molar-refractivity contribution in [3.05, 3.63) is 48.6 Å². The first-order chi connectivity index (χ1) is 28.6. The molecule has 0 aromatic carbocycles. The number of esters is 2. The molecule has 0 saturated carbocycles. The average molecular weight is 813 g/mol. The predicted molar refractivity (Wildman–Crippen MR) is 251 cm³/mol. The Kier molecular flexibility index (Phi) is 47.4. The molecule has 0 heterocycles. The fourth-order valence-corrected chi connectivity index (χ4v) is 7.00. The standard InChI is InChI=1S/C53H96O5/c1-4-7-10-13-16-19-22-25-27-29-31-34-37-40-43-46-52(54)57-50-51(49-56-48-45-42-39-36-33-30-26-23-20-17-14-11-8-5-2)58-53(55)47-44-41-38-35-32-28-24-21-18-15-12-9-6-3/h16,19-21,23-25,27,51H,4-15,17-18,22,26,28-50H2,1-3H3/b19-16-,23-20-,24-21-,27-25-. The molecule has 0 aromatic heterocycles. The zero-order valence-corrected chi connectivity index (χ0v) is 38.8. The minimum atomic E-state index is -0.547. The maximum absolute atomic E-state index is 12.8. The minimum absolute atomic E-state index is 0.0736. The lowest BCUT2D eigenvalue weighted by Crippen LogP contribution is -2.30. The van der Waals surface area contributed by atoms with Gasteiger partial charge in [0, 0.05) is 19.4 Å². The summed E-state index contributed by atoms with van der Waals surface area (Å²) in [4.78, 5) is 25.3. The van der Waals surface area contributed by atoms with Gasteiger partial charge in [0.05, 0.1) is 6.61 Å². The van der Waals surface area contributed by atoms with Crippen LogP contribution >= 0.6 is 0 Å². The van der Waals surface area contributed by atoms with Gasteiger partial charge in [-0.25, -0.2) is 0 Å². The van der Waals surface area contributed by atoms with E-state index in [9.17, 15) is 9.59 Å². The van der Waals surface area contributed by atoms with E-state index < -0.39 is 6.10 Å². The van der Waals surface area contributed by atoms with Gasteiger partial charge in [-0.1, -0.05) is 185 Å². The van der Waals surface area contributed by atoms with E-state index in [0.29, 0.717) is 19.4 Å². The van der Waals surface area contributed by atoms with E-state index in [1.807, 2.05) is 0 Å². The van der Waals surface area contributed by atoms with Crippen LogP contribution in [-0.2, 0) is 23.8 Å². The smallest absolute Gasteiger partial charge is 0.306 e. The highest BCUT2D eigenvalue weighted by molar-refractivity contribution is 5.70. The van der Waals surface area contributed by atoms with Crippen LogP contribution in [0.15, 0.2) is 48.6 Å². The Morgan fingerprint density at radius 1 is 0.379 bits per heavy atom. The zero-order valence-electron chi connectivity index (χ0n) is 38.8. The van der Waals surface area contributed by atoms with E-state index in [2.05, 4.69) is 69.4 Å². The van der Waals surface area contributed by atoms with Gasteiger partial charge in [-0.2, -0.15) is 0 Å². The third-order valence-electron chi connectivity index (χ3n) is 10.8. The molecule has 0 rings (SSSR count). The maximum atomic E-state index is 12.8. The number of rotatable bonds is 46. The molecule has 0 fully saturated rings. The monoisotopic (exact) mass is 813 g/mol. The normalized spacial score (nSPS) is 12.5. The van der Waals surface area contributed by atoms with Crippen LogP contribution in [-0.4, -0.2) is 37.9 Å². The molecule has 0 N–H and O–H groups in total. The number of hydrogen-bond donors (Lipinski definition) is 0. The van der Waals surface area contributed by atoms with Gasteiger partial charge >= 0.3 is 11.9 Å². The lowest BCUT2D eigenvalue weighted by Gasteiger charge is -2.18. The Morgan fingerprint density at radius 2 is 0.724 bits per heavy atom. The van der Waals surface area contributed by atoms with E-state index in [0.717, 1.165) is 70.6 Å². The molecule has 338 valence electrons.